The lowest BCUT2D eigenvalue weighted by Crippen LogP contribution is -2.47. The molecule has 2 unspecified atom stereocenters. The highest BCUT2D eigenvalue weighted by Gasteiger charge is 2.49. The van der Waals surface area contributed by atoms with Crippen molar-refractivity contribution >= 4 is 0 Å². The van der Waals surface area contributed by atoms with Crippen molar-refractivity contribution < 1.29 is 5.11 Å². The predicted octanol–water partition coefficient (Wildman–Crippen LogP) is 2.96. The van der Waals surface area contributed by atoms with Gasteiger partial charge in [0.1, 0.15) is 0 Å². The van der Waals surface area contributed by atoms with E-state index in [-0.39, 0.29) is 11.5 Å². The summed E-state index contributed by atoms with van der Waals surface area (Å²) < 4.78 is 2.10. The van der Waals surface area contributed by atoms with Crippen LogP contribution in [-0.4, -0.2) is 21.0 Å². The number of hydrogen-bond acceptors (Lipinski definition) is 2. The standard InChI is InChI=1S/C14H24N2O/c1-8(2)16-10(4)13(9(3)15-16)11-7-12(17)14(11,5)6/h8,11-12,17H,7H2,1-6H3. The van der Waals surface area contributed by atoms with Gasteiger partial charge in [0, 0.05) is 11.7 Å². The van der Waals surface area contributed by atoms with E-state index in [1.807, 2.05) is 0 Å². The molecule has 3 heteroatoms. The molecular weight excluding hydrogens is 212 g/mol. The number of hydrogen-bond donors (Lipinski definition) is 1. The molecule has 1 heterocycles. The minimum atomic E-state index is -0.173. The van der Waals surface area contributed by atoms with Crippen molar-refractivity contribution in [1.82, 2.24) is 9.78 Å². The van der Waals surface area contributed by atoms with Gasteiger partial charge in [-0.2, -0.15) is 5.10 Å². The van der Waals surface area contributed by atoms with Crippen LogP contribution >= 0.6 is 0 Å². The Labute approximate surface area is 104 Å². The molecule has 96 valence electrons. The summed E-state index contributed by atoms with van der Waals surface area (Å²) in [4.78, 5) is 0. The number of aromatic nitrogens is 2. The smallest absolute Gasteiger partial charge is 0.0631 e. The predicted molar refractivity (Wildman–Crippen MR) is 69.2 cm³/mol. The lowest BCUT2D eigenvalue weighted by Gasteiger charge is -2.49. The van der Waals surface area contributed by atoms with Crippen molar-refractivity contribution in [2.75, 3.05) is 0 Å². The first-order valence-corrected chi connectivity index (χ1v) is 6.50. The second kappa shape index (κ2) is 3.84. The molecule has 17 heavy (non-hydrogen) atoms. The Morgan fingerprint density at radius 2 is 1.94 bits per heavy atom. The summed E-state index contributed by atoms with van der Waals surface area (Å²) in [5, 5.41) is 14.5. The number of nitrogens with zero attached hydrogens (tertiary/aromatic N) is 2. The monoisotopic (exact) mass is 236 g/mol. The molecule has 1 fully saturated rings. The quantitative estimate of drug-likeness (QED) is 0.857. The molecule has 1 saturated carbocycles. The molecular formula is C14H24N2O. The molecule has 0 bridgehead atoms. The fourth-order valence-corrected chi connectivity index (χ4v) is 3.08. The molecule has 1 aliphatic rings. The largest absolute Gasteiger partial charge is 0.393 e. The van der Waals surface area contributed by atoms with Gasteiger partial charge in [-0.15, -0.1) is 0 Å². The second-order valence-corrected chi connectivity index (χ2v) is 6.25. The fourth-order valence-electron chi connectivity index (χ4n) is 3.08. The van der Waals surface area contributed by atoms with E-state index in [0.717, 1.165) is 12.1 Å². The Hall–Kier alpha value is -0.830. The maximum absolute atomic E-state index is 9.88. The van der Waals surface area contributed by atoms with E-state index in [1.54, 1.807) is 0 Å². The van der Waals surface area contributed by atoms with Crippen LogP contribution in [0.4, 0.5) is 0 Å². The van der Waals surface area contributed by atoms with E-state index < -0.39 is 0 Å². The molecule has 1 aromatic heterocycles. The van der Waals surface area contributed by atoms with Crippen LogP contribution in [0.5, 0.6) is 0 Å². The molecule has 0 amide bonds. The lowest BCUT2D eigenvalue weighted by atomic mass is 9.57. The molecule has 0 saturated heterocycles. The summed E-state index contributed by atoms with van der Waals surface area (Å²) in [6.07, 6.45) is 0.701. The maximum Gasteiger partial charge on any atom is 0.0631 e. The number of rotatable bonds is 2. The zero-order valence-corrected chi connectivity index (χ0v) is 11.8. The van der Waals surface area contributed by atoms with E-state index in [0.29, 0.717) is 12.0 Å². The van der Waals surface area contributed by atoms with Gasteiger partial charge in [0.25, 0.3) is 0 Å². The zero-order valence-electron chi connectivity index (χ0n) is 11.8. The molecule has 1 N–H and O–H groups in total. The molecule has 1 aliphatic carbocycles. The van der Waals surface area contributed by atoms with Crippen LogP contribution in [0.1, 0.15) is 63.0 Å². The minimum absolute atomic E-state index is 0.0135. The summed E-state index contributed by atoms with van der Waals surface area (Å²) in [5.41, 5.74) is 3.73. The molecule has 0 radical (unpaired) electrons. The van der Waals surface area contributed by atoms with E-state index in [9.17, 15) is 5.11 Å². The highest BCUT2D eigenvalue weighted by atomic mass is 16.3. The van der Waals surface area contributed by atoms with Gasteiger partial charge in [0.05, 0.1) is 11.8 Å². The molecule has 3 nitrogen and oxygen atoms in total. The van der Waals surface area contributed by atoms with E-state index in [2.05, 4.69) is 51.3 Å². The third-order valence-electron chi connectivity index (χ3n) is 4.43. The van der Waals surface area contributed by atoms with E-state index in [4.69, 9.17) is 0 Å². The van der Waals surface area contributed by atoms with Gasteiger partial charge in [-0.25, -0.2) is 0 Å². The van der Waals surface area contributed by atoms with Crippen molar-refractivity contribution in [2.24, 2.45) is 5.41 Å². The molecule has 2 rings (SSSR count). The third kappa shape index (κ3) is 1.71. The van der Waals surface area contributed by atoms with Crippen LogP contribution in [-0.2, 0) is 0 Å². The van der Waals surface area contributed by atoms with Gasteiger partial charge in [0.15, 0.2) is 0 Å². The van der Waals surface area contributed by atoms with Crippen LogP contribution in [0.2, 0.25) is 0 Å². The molecule has 0 aliphatic heterocycles. The Balaban J connectivity index is 2.41. The van der Waals surface area contributed by atoms with Gasteiger partial charge >= 0.3 is 0 Å². The van der Waals surface area contributed by atoms with E-state index >= 15 is 0 Å². The van der Waals surface area contributed by atoms with Gasteiger partial charge in [0.2, 0.25) is 0 Å². The van der Waals surface area contributed by atoms with Crippen LogP contribution in [0.15, 0.2) is 0 Å². The normalized spacial score (nSPS) is 27.3. The highest BCUT2D eigenvalue weighted by molar-refractivity contribution is 5.34. The summed E-state index contributed by atoms with van der Waals surface area (Å²) in [6, 6.07) is 0.399. The zero-order chi connectivity index (χ0) is 13.0. The number of aliphatic hydroxyl groups excluding tert-OH is 1. The van der Waals surface area contributed by atoms with Crippen molar-refractivity contribution in [1.29, 1.82) is 0 Å². The average molecular weight is 236 g/mol. The molecule has 0 spiro atoms. The van der Waals surface area contributed by atoms with Crippen LogP contribution in [0.3, 0.4) is 0 Å². The first-order valence-electron chi connectivity index (χ1n) is 6.50. The van der Waals surface area contributed by atoms with Gasteiger partial charge in [-0.1, -0.05) is 13.8 Å². The Morgan fingerprint density at radius 3 is 2.29 bits per heavy atom. The molecule has 1 aromatic rings. The Kier molecular flexibility index (Phi) is 2.85. The highest BCUT2D eigenvalue weighted by Crippen LogP contribution is 2.53. The van der Waals surface area contributed by atoms with Crippen LogP contribution < -0.4 is 0 Å². The third-order valence-corrected chi connectivity index (χ3v) is 4.43. The summed E-state index contributed by atoms with van der Waals surface area (Å²) in [5.74, 6) is 0.449. The SMILES string of the molecule is Cc1nn(C(C)C)c(C)c1C1CC(O)C1(C)C. The summed E-state index contributed by atoms with van der Waals surface area (Å²) >= 11 is 0. The average Bonchev–Trinajstić information content (AvgIpc) is 2.51. The lowest BCUT2D eigenvalue weighted by molar-refractivity contribution is -0.0629. The van der Waals surface area contributed by atoms with E-state index in [1.165, 1.54) is 11.3 Å². The van der Waals surface area contributed by atoms with Crippen molar-refractivity contribution in [3.05, 3.63) is 17.0 Å². The summed E-state index contributed by atoms with van der Waals surface area (Å²) in [6.45, 7) is 12.8. The van der Waals surface area contributed by atoms with Gasteiger partial charge in [-0.3, -0.25) is 4.68 Å². The van der Waals surface area contributed by atoms with Crippen LogP contribution in [0.25, 0.3) is 0 Å². The van der Waals surface area contributed by atoms with Crippen molar-refractivity contribution in [3.8, 4) is 0 Å². The Bertz CT molecular complexity index is 432. The topological polar surface area (TPSA) is 38.0 Å². The first kappa shape index (κ1) is 12.6. The van der Waals surface area contributed by atoms with Crippen molar-refractivity contribution in [3.63, 3.8) is 0 Å². The fraction of sp³-hybridized carbons (Fsp3) is 0.786. The van der Waals surface area contributed by atoms with Gasteiger partial charge in [-0.05, 0) is 51.0 Å². The second-order valence-electron chi connectivity index (χ2n) is 6.25. The molecule has 0 aromatic carbocycles. The molecule has 2 atom stereocenters. The number of aryl methyl sites for hydroxylation is 1. The summed E-state index contributed by atoms with van der Waals surface area (Å²) in [7, 11) is 0. The van der Waals surface area contributed by atoms with Gasteiger partial charge < -0.3 is 5.11 Å². The Morgan fingerprint density at radius 1 is 1.35 bits per heavy atom. The van der Waals surface area contributed by atoms with Crippen LogP contribution in [0, 0.1) is 19.3 Å². The van der Waals surface area contributed by atoms with Crippen molar-refractivity contribution in [2.45, 2.75) is 66.0 Å². The first-order chi connectivity index (χ1) is 7.76. The number of aliphatic hydroxyl groups is 1. The maximum atomic E-state index is 9.88. The minimum Gasteiger partial charge on any atom is -0.393 e.